The zero-order valence-electron chi connectivity index (χ0n) is 7.45. The van der Waals surface area contributed by atoms with Crippen LogP contribution in [0.1, 0.15) is 20.3 Å². The lowest BCUT2D eigenvalue weighted by Gasteiger charge is -2.24. The smallest absolute Gasteiger partial charge is 0.254 e. The number of likely N-dealkylation sites (tertiary alicyclic amines) is 1. The highest BCUT2D eigenvalue weighted by Crippen LogP contribution is 2.14. The highest BCUT2D eigenvalue weighted by Gasteiger charge is 2.33. The average Bonchev–Trinajstić information content (AvgIpc) is 2.32. The predicted octanol–water partition coefficient (Wildman–Crippen LogP) is -0.650. The summed E-state index contributed by atoms with van der Waals surface area (Å²) in [5, 5.41) is 18.5. The van der Waals surface area contributed by atoms with E-state index in [9.17, 15) is 9.90 Å². The molecule has 4 nitrogen and oxygen atoms in total. The molecule has 0 aromatic heterocycles. The molecule has 4 heteroatoms. The standard InChI is InChI=1S/C8H15NO3/c1-8(2,12)7(11)9-4-3-6(10)5-9/h6,10,12H,3-5H2,1-2H3. The third-order valence-corrected chi connectivity index (χ3v) is 1.97. The van der Waals surface area contributed by atoms with Crippen LogP contribution in [0.25, 0.3) is 0 Å². The normalized spacial score (nSPS) is 24.7. The molecule has 2 N–H and O–H groups in total. The van der Waals surface area contributed by atoms with Gasteiger partial charge in [0, 0.05) is 13.1 Å². The van der Waals surface area contributed by atoms with Gasteiger partial charge in [-0.05, 0) is 20.3 Å². The molecule has 1 aliphatic heterocycles. The Morgan fingerprint density at radius 2 is 2.17 bits per heavy atom. The largest absolute Gasteiger partial charge is 0.391 e. The van der Waals surface area contributed by atoms with E-state index >= 15 is 0 Å². The van der Waals surface area contributed by atoms with Crippen molar-refractivity contribution in [3.63, 3.8) is 0 Å². The van der Waals surface area contributed by atoms with E-state index in [1.54, 1.807) is 0 Å². The first-order valence-electron chi connectivity index (χ1n) is 4.11. The number of β-amino-alcohol motifs (C(OH)–C–C–N with tert-alkyl or cyclic N) is 1. The van der Waals surface area contributed by atoms with Crippen molar-refractivity contribution < 1.29 is 15.0 Å². The number of nitrogens with zero attached hydrogens (tertiary/aromatic N) is 1. The third kappa shape index (κ3) is 1.95. The Hall–Kier alpha value is -0.610. The van der Waals surface area contributed by atoms with Crippen LogP contribution >= 0.6 is 0 Å². The summed E-state index contributed by atoms with van der Waals surface area (Å²) < 4.78 is 0. The molecule has 1 fully saturated rings. The zero-order chi connectivity index (χ0) is 9.35. The summed E-state index contributed by atoms with van der Waals surface area (Å²) in [5.74, 6) is -0.306. The fourth-order valence-corrected chi connectivity index (χ4v) is 1.31. The van der Waals surface area contributed by atoms with Crippen LogP contribution in [-0.4, -0.2) is 45.8 Å². The molecule has 1 unspecified atom stereocenters. The van der Waals surface area contributed by atoms with E-state index in [0.29, 0.717) is 19.5 Å². The van der Waals surface area contributed by atoms with Gasteiger partial charge < -0.3 is 15.1 Å². The van der Waals surface area contributed by atoms with Gasteiger partial charge in [-0.25, -0.2) is 0 Å². The van der Waals surface area contributed by atoms with Gasteiger partial charge in [0.15, 0.2) is 0 Å². The summed E-state index contributed by atoms with van der Waals surface area (Å²) in [7, 11) is 0. The second kappa shape index (κ2) is 3.03. The second-order valence-corrected chi connectivity index (χ2v) is 3.75. The molecule has 1 heterocycles. The van der Waals surface area contributed by atoms with Gasteiger partial charge in [-0.3, -0.25) is 4.79 Å². The van der Waals surface area contributed by atoms with Crippen molar-refractivity contribution in [3.8, 4) is 0 Å². The highest BCUT2D eigenvalue weighted by atomic mass is 16.3. The monoisotopic (exact) mass is 173 g/mol. The minimum absolute atomic E-state index is 0.306. The first kappa shape index (κ1) is 9.48. The Labute approximate surface area is 71.8 Å². The van der Waals surface area contributed by atoms with Gasteiger partial charge in [0.1, 0.15) is 5.60 Å². The van der Waals surface area contributed by atoms with Gasteiger partial charge in [0.25, 0.3) is 5.91 Å². The quantitative estimate of drug-likeness (QED) is 0.554. The van der Waals surface area contributed by atoms with Crippen molar-refractivity contribution in [2.75, 3.05) is 13.1 Å². The maximum absolute atomic E-state index is 11.4. The lowest BCUT2D eigenvalue weighted by atomic mass is 10.1. The summed E-state index contributed by atoms with van der Waals surface area (Å²) >= 11 is 0. The van der Waals surface area contributed by atoms with Gasteiger partial charge in [-0.15, -0.1) is 0 Å². The molecule has 0 aromatic rings. The summed E-state index contributed by atoms with van der Waals surface area (Å²) in [6.07, 6.45) is 0.193. The molecule has 0 radical (unpaired) electrons. The maximum atomic E-state index is 11.4. The molecule has 1 saturated heterocycles. The van der Waals surface area contributed by atoms with E-state index in [0.717, 1.165) is 0 Å². The van der Waals surface area contributed by atoms with Crippen LogP contribution in [0.2, 0.25) is 0 Å². The van der Waals surface area contributed by atoms with E-state index in [1.165, 1.54) is 18.7 Å². The highest BCUT2D eigenvalue weighted by molar-refractivity contribution is 5.84. The topological polar surface area (TPSA) is 60.8 Å². The Balaban J connectivity index is 2.55. The van der Waals surface area contributed by atoms with E-state index in [2.05, 4.69) is 0 Å². The predicted molar refractivity (Wildman–Crippen MR) is 43.5 cm³/mol. The van der Waals surface area contributed by atoms with Crippen molar-refractivity contribution in [1.82, 2.24) is 4.90 Å². The number of amides is 1. The molecule has 12 heavy (non-hydrogen) atoms. The first-order valence-corrected chi connectivity index (χ1v) is 4.11. The molecular formula is C8H15NO3. The Morgan fingerprint density at radius 1 is 1.58 bits per heavy atom. The van der Waals surface area contributed by atoms with Crippen LogP contribution in [0.4, 0.5) is 0 Å². The van der Waals surface area contributed by atoms with Crippen LogP contribution in [0.15, 0.2) is 0 Å². The molecule has 0 spiro atoms. The molecule has 0 saturated carbocycles. The Bertz CT molecular complexity index is 185. The van der Waals surface area contributed by atoms with E-state index in [-0.39, 0.29) is 5.91 Å². The number of aliphatic hydroxyl groups excluding tert-OH is 1. The minimum atomic E-state index is -1.32. The second-order valence-electron chi connectivity index (χ2n) is 3.75. The summed E-state index contributed by atoms with van der Waals surface area (Å²) in [4.78, 5) is 12.9. The maximum Gasteiger partial charge on any atom is 0.254 e. The lowest BCUT2D eigenvalue weighted by molar-refractivity contribution is -0.147. The molecular weight excluding hydrogens is 158 g/mol. The molecule has 0 bridgehead atoms. The van der Waals surface area contributed by atoms with Crippen molar-refractivity contribution >= 4 is 5.91 Å². The van der Waals surface area contributed by atoms with Crippen molar-refractivity contribution in [2.24, 2.45) is 0 Å². The molecule has 70 valence electrons. The van der Waals surface area contributed by atoms with Crippen molar-refractivity contribution in [3.05, 3.63) is 0 Å². The number of rotatable bonds is 1. The van der Waals surface area contributed by atoms with Gasteiger partial charge in [0.2, 0.25) is 0 Å². The van der Waals surface area contributed by atoms with Gasteiger partial charge >= 0.3 is 0 Å². The summed E-state index contributed by atoms with van der Waals surface area (Å²) in [6, 6.07) is 0. The molecule has 1 amide bonds. The van der Waals surface area contributed by atoms with Gasteiger partial charge in [-0.1, -0.05) is 0 Å². The number of carbonyl (C=O) groups excluding carboxylic acids is 1. The fourth-order valence-electron chi connectivity index (χ4n) is 1.31. The van der Waals surface area contributed by atoms with Gasteiger partial charge in [-0.2, -0.15) is 0 Å². The Kier molecular flexibility index (Phi) is 2.39. The molecule has 1 rings (SSSR count). The minimum Gasteiger partial charge on any atom is -0.391 e. The van der Waals surface area contributed by atoms with Crippen LogP contribution in [0.3, 0.4) is 0 Å². The van der Waals surface area contributed by atoms with E-state index in [4.69, 9.17) is 5.11 Å². The van der Waals surface area contributed by atoms with Crippen LogP contribution < -0.4 is 0 Å². The fraction of sp³-hybridized carbons (Fsp3) is 0.875. The molecule has 1 atom stereocenters. The SMILES string of the molecule is CC(C)(O)C(=O)N1CCC(O)C1. The van der Waals surface area contributed by atoms with Crippen molar-refractivity contribution in [1.29, 1.82) is 0 Å². The summed E-state index contributed by atoms with van der Waals surface area (Å²) in [5.41, 5.74) is -1.32. The number of aliphatic hydroxyl groups is 2. The van der Waals surface area contributed by atoms with Gasteiger partial charge in [0.05, 0.1) is 6.10 Å². The average molecular weight is 173 g/mol. The summed E-state index contributed by atoms with van der Waals surface area (Å²) in [6.45, 7) is 3.81. The number of carbonyl (C=O) groups is 1. The lowest BCUT2D eigenvalue weighted by Crippen LogP contribution is -2.44. The molecule has 0 aliphatic carbocycles. The van der Waals surface area contributed by atoms with E-state index in [1.807, 2.05) is 0 Å². The Morgan fingerprint density at radius 3 is 2.50 bits per heavy atom. The molecule has 1 aliphatic rings. The zero-order valence-corrected chi connectivity index (χ0v) is 7.45. The number of hydrogen-bond donors (Lipinski definition) is 2. The van der Waals surface area contributed by atoms with Crippen LogP contribution in [0, 0.1) is 0 Å². The first-order chi connectivity index (χ1) is 5.41. The number of hydrogen-bond acceptors (Lipinski definition) is 3. The van der Waals surface area contributed by atoms with Crippen LogP contribution in [-0.2, 0) is 4.79 Å². The van der Waals surface area contributed by atoms with Crippen molar-refractivity contribution in [2.45, 2.75) is 32.0 Å². The molecule has 0 aromatic carbocycles. The van der Waals surface area contributed by atoms with E-state index < -0.39 is 11.7 Å². The van der Waals surface area contributed by atoms with Crippen LogP contribution in [0.5, 0.6) is 0 Å². The third-order valence-electron chi connectivity index (χ3n) is 1.97.